The Morgan fingerprint density at radius 3 is 2.90 bits per heavy atom. The zero-order chi connectivity index (χ0) is 20.2. The summed E-state index contributed by atoms with van der Waals surface area (Å²) in [5.41, 5.74) is 5.66. The Hall–Kier alpha value is -3.42. The SMILES string of the molecule is Cc1cc2c(n1CC(=O)O)CCCC2=NOCc1cn(Cc2ccccc2)nn1. The van der Waals surface area contributed by atoms with Crippen molar-refractivity contribution >= 4 is 11.7 Å². The molecule has 150 valence electrons. The van der Waals surface area contributed by atoms with E-state index in [4.69, 9.17) is 9.94 Å². The van der Waals surface area contributed by atoms with Gasteiger partial charge in [-0.05, 0) is 37.8 Å². The van der Waals surface area contributed by atoms with Crippen LogP contribution in [0.25, 0.3) is 0 Å². The van der Waals surface area contributed by atoms with E-state index in [1.165, 1.54) is 0 Å². The van der Waals surface area contributed by atoms with Gasteiger partial charge in [0.15, 0.2) is 6.61 Å². The van der Waals surface area contributed by atoms with Gasteiger partial charge in [-0.25, -0.2) is 4.68 Å². The van der Waals surface area contributed by atoms with Crippen molar-refractivity contribution in [3.63, 3.8) is 0 Å². The van der Waals surface area contributed by atoms with Gasteiger partial charge in [0.2, 0.25) is 0 Å². The lowest BCUT2D eigenvalue weighted by Crippen LogP contribution is -2.18. The zero-order valence-electron chi connectivity index (χ0n) is 16.3. The molecule has 1 N–H and O–H groups in total. The van der Waals surface area contributed by atoms with Crippen molar-refractivity contribution in [2.45, 2.75) is 45.9 Å². The molecule has 0 atom stereocenters. The first-order valence-corrected chi connectivity index (χ1v) is 9.63. The van der Waals surface area contributed by atoms with Gasteiger partial charge in [-0.2, -0.15) is 0 Å². The molecule has 2 aromatic heterocycles. The second-order valence-electron chi connectivity index (χ2n) is 7.18. The van der Waals surface area contributed by atoms with Gasteiger partial charge in [0.05, 0.1) is 18.5 Å². The molecule has 0 saturated carbocycles. The summed E-state index contributed by atoms with van der Waals surface area (Å²) in [6.07, 6.45) is 4.44. The van der Waals surface area contributed by atoms with Gasteiger partial charge in [0.1, 0.15) is 12.2 Å². The number of carbonyl (C=O) groups is 1. The van der Waals surface area contributed by atoms with Crippen molar-refractivity contribution in [1.82, 2.24) is 19.6 Å². The van der Waals surface area contributed by atoms with Gasteiger partial charge >= 0.3 is 5.97 Å². The predicted molar refractivity (Wildman–Crippen MR) is 107 cm³/mol. The number of hydrogen-bond donors (Lipinski definition) is 1. The number of aryl methyl sites for hydroxylation is 1. The van der Waals surface area contributed by atoms with Gasteiger partial charge in [-0.3, -0.25) is 4.79 Å². The van der Waals surface area contributed by atoms with Crippen molar-refractivity contribution < 1.29 is 14.7 Å². The largest absolute Gasteiger partial charge is 0.480 e. The fourth-order valence-electron chi connectivity index (χ4n) is 3.68. The minimum Gasteiger partial charge on any atom is -0.480 e. The van der Waals surface area contributed by atoms with Crippen LogP contribution in [0.4, 0.5) is 0 Å². The Bertz CT molecular complexity index is 1040. The van der Waals surface area contributed by atoms with E-state index in [-0.39, 0.29) is 13.2 Å². The summed E-state index contributed by atoms with van der Waals surface area (Å²) in [4.78, 5) is 16.7. The molecule has 1 aromatic carbocycles. The summed E-state index contributed by atoms with van der Waals surface area (Å²) in [7, 11) is 0. The molecule has 4 rings (SSSR count). The molecule has 8 heteroatoms. The number of aliphatic carboxylic acids is 1. The summed E-state index contributed by atoms with van der Waals surface area (Å²) in [6.45, 7) is 2.79. The summed E-state index contributed by atoms with van der Waals surface area (Å²) in [5.74, 6) is -0.842. The molecule has 0 radical (unpaired) electrons. The van der Waals surface area contributed by atoms with Crippen molar-refractivity contribution in [3.05, 3.63) is 70.8 Å². The summed E-state index contributed by atoms with van der Waals surface area (Å²) in [5, 5.41) is 21.7. The van der Waals surface area contributed by atoms with E-state index in [2.05, 4.69) is 15.5 Å². The molecule has 2 heterocycles. The quantitative estimate of drug-likeness (QED) is 0.623. The van der Waals surface area contributed by atoms with E-state index in [1.54, 1.807) is 4.68 Å². The van der Waals surface area contributed by atoms with Gasteiger partial charge in [-0.1, -0.05) is 40.7 Å². The third kappa shape index (κ3) is 4.37. The third-order valence-corrected chi connectivity index (χ3v) is 5.01. The van der Waals surface area contributed by atoms with E-state index < -0.39 is 5.97 Å². The highest BCUT2D eigenvalue weighted by molar-refractivity contribution is 6.02. The minimum atomic E-state index is -0.842. The van der Waals surface area contributed by atoms with E-state index >= 15 is 0 Å². The lowest BCUT2D eigenvalue weighted by molar-refractivity contribution is -0.137. The Morgan fingerprint density at radius 2 is 2.10 bits per heavy atom. The fourth-order valence-corrected chi connectivity index (χ4v) is 3.68. The molecule has 0 saturated heterocycles. The van der Waals surface area contributed by atoms with Crippen molar-refractivity contribution in [3.8, 4) is 0 Å². The highest BCUT2D eigenvalue weighted by Gasteiger charge is 2.22. The standard InChI is InChI=1S/C21H23N5O3/c1-15-10-18-19(8-5-9-20(18)26(15)13-21(27)28)23-29-14-17-12-25(24-22-17)11-16-6-3-2-4-7-16/h2-4,6-7,10,12H,5,8-9,11,13-14H2,1H3,(H,27,28). The van der Waals surface area contributed by atoms with Gasteiger partial charge in [0, 0.05) is 17.0 Å². The number of oxime groups is 1. The highest BCUT2D eigenvalue weighted by atomic mass is 16.6. The number of carboxylic acids is 1. The number of nitrogens with zero attached hydrogens (tertiary/aromatic N) is 5. The molecule has 29 heavy (non-hydrogen) atoms. The van der Waals surface area contributed by atoms with Crippen LogP contribution in [0.15, 0.2) is 47.8 Å². The average Bonchev–Trinajstić information content (AvgIpc) is 3.27. The number of hydrogen-bond acceptors (Lipinski definition) is 5. The fraction of sp³-hybridized carbons (Fsp3) is 0.333. The summed E-state index contributed by atoms with van der Waals surface area (Å²) >= 11 is 0. The first-order valence-electron chi connectivity index (χ1n) is 9.63. The van der Waals surface area contributed by atoms with Crippen LogP contribution >= 0.6 is 0 Å². The van der Waals surface area contributed by atoms with Crippen molar-refractivity contribution in [2.75, 3.05) is 0 Å². The average molecular weight is 393 g/mol. The smallest absolute Gasteiger partial charge is 0.323 e. The van der Waals surface area contributed by atoms with Crippen LogP contribution in [-0.2, 0) is 35.7 Å². The second-order valence-corrected chi connectivity index (χ2v) is 7.18. The second kappa shape index (κ2) is 8.30. The maximum Gasteiger partial charge on any atom is 0.323 e. The first kappa shape index (κ1) is 18.9. The number of benzene rings is 1. The normalized spacial score (nSPS) is 14.7. The van der Waals surface area contributed by atoms with Gasteiger partial charge in [-0.15, -0.1) is 5.10 Å². The monoisotopic (exact) mass is 393 g/mol. The van der Waals surface area contributed by atoms with Crippen molar-refractivity contribution in [1.29, 1.82) is 0 Å². The van der Waals surface area contributed by atoms with E-state index in [9.17, 15) is 4.79 Å². The zero-order valence-corrected chi connectivity index (χ0v) is 16.3. The number of aromatic nitrogens is 4. The van der Waals surface area contributed by atoms with E-state index in [1.807, 2.05) is 54.1 Å². The molecule has 0 fully saturated rings. The van der Waals surface area contributed by atoms with E-state index in [0.717, 1.165) is 47.5 Å². The maximum absolute atomic E-state index is 11.1. The molecule has 0 spiro atoms. The minimum absolute atomic E-state index is 0.0280. The first-order chi connectivity index (χ1) is 14.1. The molecular formula is C21H23N5O3. The van der Waals surface area contributed by atoms with Crippen LogP contribution in [0.2, 0.25) is 0 Å². The number of rotatable bonds is 7. The summed E-state index contributed by atoms with van der Waals surface area (Å²) in [6, 6.07) is 12.1. The topological polar surface area (TPSA) is 94.5 Å². The number of fused-ring (bicyclic) bond motifs is 1. The lowest BCUT2D eigenvalue weighted by Gasteiger charge is -2.16. The van der Waals surface area contributed by atoms with E-state index in [0.29, 0.717) is 12.2 Å². The molecule has 3 aromatic rings. The molecule has 1 aliphatic carbocycles. The number of carboxylic acid groups (broad SMARTS) is 1. The van der Waals surface area contributed by atoms with Crippen LogP contribution in [-0.4, -0.2) is 36.3 Å². The summed E-state index contributed by atoms with van der Waals surface area (Å²) < 4.78 is 3.62. The highest BCUT2D eigenvalue weighted by Crippen LogP contribution is 2.26. The Labute approximate surface area is 168 Å². The maximum atomic E-state index is 11.1. The molecule has 0 aliphatic heterocycles. The molecule has 1 aliphatic rings. The molecule has 0 unspecified atom stereocenters. The van der Waals surface area contributed by atoms with Crippen LogP contribution in [0, 0.1) is 6.92 Å². The Balaban J connectivity index is 1.42. The third-order valence-electron chi connectivity index (χ3n) is 5.01. The molecule has 0 amide bonds. The van der Waals surface area contributed by atoms with Gasteiger partial charge in [0.25, 0.3) is 0 Å². The van der Waals surface area contributed by atoms with Crippen LogP contribution in [0.1, 0.15) is 41.1 Å². The van der Waals surface area contributed by atoms with Crippen LogP contribution in [0.5, 0.6) is 0 Å². The molecule has 8 nitrogen and oxygen atoms in total. The predicted octanol–water partition coefficient (Wildman–Crippen LogP) is 2.78. The molecule has 0 bridgehead atoms. The van der Waals surface area contributed by atoms with Crippen molar-refractivity contribution in [2.24, 2.45) is 5.16 Å². The van der Waals surface area contributed by atoms with Gasteiger partial charge < -0.3 is 14.5 Å². The van der Waals surface area contributed by atoms with Crippen LogP contribution < -0.4 is 0 Å². The van der Waals surface area contributed by atoms with Crippen LogP contribution in [0.3, 0.4) is 0 Å². The lowest BCUT2D eigenvalue weighted by atomic mass is 9.96. The Morgan fingerprint density at radius 1 is 1.28 bits per heavy atom. The Kier molecular flexibility index (Phi) is 5.41. The molecular weight excluding hydrogens is 370 g/mol.